The van der Waals surface area contributed by atoms with Crippen LogP contribution in [-0.4, -0.2) is 0 Å². The van der Waals surface area contributed by atoms with Crippen LogP contribution in [0.3, 0.4) is 0 Å². The molecule has 0 spiro atoms. The molecule has 0 amide bonds. The van der Waals surface area contributed by atoms with Crippen molar-refractivity contribution in [2.24, 2.45) is 0 Å². The average Bonchev–Trinajstić information content (AvgIpc) is 4.17. The topological polar surface area (TPSA) is 59.0 Å². The first-order chi connectivity index (χ1) is 34.5. The summed E-state index contributed by atoms with van der Waals surface area (Å²) in [6.07, 6.45) is 0. The number of anilines is 6. The number of aryl methyl sites for hydroxylation is 2. The normalized spacial score (nSPS) is 12.1. The molecule has 11 aromatic carbocycles. The summed E-state index contributed by atoms with van der Waals surface area (Å²) >= 11 is 0. The third kappa shape index (κ3) is 5.80. The van der Waals surface area contributed by atoms with Gasteiger partial charge in [0, 0.05) is 88.0 Å². The maximum atomic E-state index is 6.84. The van der Waals surface area contributed by atoms with E-state index in [1.807, 2.05) is 24.3 Å². The molecule has 0 saturated heterocycles. The molecule has 15 rings (SSSR count). The molecule has 0 fully saturated rings. The van der Waals surface area contributed by atoms with Gasteiger partial charge in [-0.25, -0.2) is 0 Å². The van der Waals surface area contributed by atoms with Crippen molar-refractivity contribution in [2.45, 2.75) is 13.8 Å². The quantitative estimate of drug-likeness (QED) is 0.166. The molecule has 4 heterocycles. The Morgan fingerprint density at radius 3 is 1.07 bits per heavy atom. The van der Waals surface area contributed by atoms with E-state index in [1.54, 1.807) is 0 Å². The highest BCUT2D eigenvalue weighted by Gasteiger charge is 2.22. The lowest BCUT2D eigenvalue weighted by molar-refractivity contribution is 0.666. The summed E-state index contributed by atoms with van der Waals surface area (Å²) in [6.45, 7) is 4.24. The molecule has 0 saturated carbocycles. The van der Waals surface area contributed by atoms with Crippen molar-refractivity contribution in [2.75, 3.05) is 9.80 Å². The van der Waals surface area contributed by atoms with Gasteiger partial charge in [0.2, 0.25) is 0 Å². The lowest BCUT2D eigenvalue weighted by Crippen LogP contribution is -2.09. The largest absolute Gasteiger partial charge is 0.456 e. The van der Waals surface area contributed by atoms with Gasteiger partial charge >= 0.3 is 0 Å². The molecule has 0 N–H and O–H groups in total. The monoisotopic (exact) mass is 900 g/mol. The molecule has 0 aliphatic rings. The van der Waals surface area contributed by atoms with Crippen LogP contribution in [0.2, 0.25) is 0 Å². The van der Waals surface area contributed by atoms with Gasteiger partial charge < -0.3 is 27.5 Å². The number of hydrogen-bond donors (Lipinski definition) is 0. The van der Waals surface area contributed by atoms with E-state index in [4.69, 9.17) is 17.7 Å². The maximum absolute atomic E-state index is 6.84. The molecule has 0 unspecified atom stereocenters. The molecule has 0 aliphatic heterocycles. The smallest absolute Gasteiger partial charge is 0.143 e. The van der Waals surface area contributed by atoms with E-state index in [1.165, 1.54) is 11.1 Å². The van der Waals surface area contributed by atoms with Crippen LogP contribution in [0.1, 0.15) is 11.1 Å². The van der Waals surface area contributed by atoms with Crippen LogP contribution >= 0.6 is 0 Å². The predicted molar refractivity (Wildman–Crippen MR) is 289 cm³/mol. The minimum Gasteiger partial charge on any atom is -0.456 e. The van der Waals surface area contributed by atoms with Crippen molar-refractivity contribution in [3.63, 3.8) is 0 Å². The van der Waals surface area contributed by atoms with E-state index < -0.39 is 0 Å². The first-order valence-electron chi connectivity index (χ1n) is 23.7. The first kappa shape index (κ1) is 38.8. The number of benzene rings is 11. The zero-order valence-electron chi connectivity index (χ0n) is 38.2. The van der Waals surface area contributed by atoms with Crippen LogP contribution in [-0.2, 0) is 0 Å². The van der Waals surface area contributed by atoms with E-state index in [9.17, 15) is 0 Å². The fourth-order valence-corrected chi connectivity index (χ4v) is 10.9. The predicted octanol–water partition coefficient (Wildman–Crippen LogP) is 19.1. The van der Waals surface area contributed by atoms with Crippen LogP contribution in [0.4, 0.5) is 34.1 Å². The van der Waals surface area contributed by atoms with Gasteiger partial charge in [-0.05, 0) is 158 Å². The van der Waals surface area contributed by atoms with Gasteiger partial charge in [0.05, 0.1) is 0 Å². The average molecular weight is 901 g/mol. The number of rotatable bonds is 6. The van der Waals surface area contributed by atoms with Crippen LogP contribution in [0.25, 0.3) is 109 Å². The molecule has 0 aliphatic carbocycles. The highest BCUT2D eigenvalue weighted by atomic mass is 16.3. The second kappa shape index (κ2) is 14.6. The molecule has 15 aromatic rings. The number of nitrogens with zero attached hydrogens (tertiary/aromatic N) is 2. The van der Waals surface area contributed by atoms with Gasteiger partial charge in [-0.1, -0.05) is 83.9 Å². The number of furan rings is 4. The number of para-hydroxylation sites is 2. The molecule has 0 radical (unpaired) electrons. The fraction of sp³-hybridized carbons (Fsp3) is 0.0312. The molecule has 6 heteroatoms. The SMILES string of the molecule is Cc1ccc(N(c2ccc3c(ccc4c3oc3ccc5oc6c7ccc(N(c8ccc(C)cc8)c8ccc9oc%10ccccc%10c9c8)cc7ccc6c5c34)c2)c2ccc3oc4ccccc4c3c2)cc1. The summed E-state index contributed by atoms with van der Waals surface area (Å²) < 4.78 is 26.1. The van der Waals surface area contributed by atoms with Crippen LogP contribution in [0.15, 0.2) is 224 Å². The molecular weight excluding hydrogens is 861 g/mol. The van der Waals surface area contributed by atoms with E-state index in [2.05, 4.69) is 206 Å². The summed E-state index contributed by atoms with van der Waals surface area (Å²) in [4.78, 5) is 4.64. The Balaban J connectivity index is 0.851. The second-order valence-electron chi connectivity index (χ2n) is 18.6. The van der Waals surface area contributed by atoms with Crippen molar-refractivity contribution < 1.29 is 17.7 Å². The first-order valence-corrected chi connectivity index (χ1v) is 23.7. The Kier molecular flexibility index (Phi) is 8.10. The molecule has 70 heavy (non-hydrogen) atoms. The zero-order chi connectivity index (χ0) is 46.2. The second-order valence-corrected chi connectivity index (χ2v) is 18.6. The van der Waals surface area contributed by atoms with Crippen molar-refractivity contribution in [3.05, 3.63) is 217 Å². The minimum absolute atomic E-state index is 0.829. The van der Waals surface area contributed by atoms with E-state index in [0.29, 0.717) is 0 Å². The highest BCUT2D eigenvalue weighted by Crippen LogP contribution is 2.47. The fourth-order valence-electron chi connectivity index (χ4n) is 10.9. The molecule has 0 bridgehead atoms. The van der Waals surface area contributed by atoms with Gasteiger partial charge in [0.15, 0.2) is 0 Å². The van der Waals surface area contributed by atoms with Crippen LogP contribution in [0.5, 0.6) is 0 Å². The summed E-state index contributed by atoms with van der Waals surface area (Å²) in [5, 5.41) is 12.9. The molecule has 330 valence electrons. The maximum Gasteiger partial charge on any atom is 0.143 e. The molecular formula is C64H40N2O4. The Labute approximate surface area is 400 Å². The highest BCUT2D eigenvalue weighted by molar-refractivity contribution is 6.30. The third-order valence-electron chi connectivity index (χ3n) is 14.3. The van der Waals surface area contributed by atoms with E-state index in [-0.39, 0.29) is 0 Å². The van der Waals surface area contributed by atoms with Crippen molar-refractivity contribution in [1.29, 1.82) is 0 Å². The summed E-state index contributed by atoms with van der Waals surface area (Å²) in [6, 6.07) is 73.1. The Hall–Kier alpha value is -9.26. The molecule has 0 atom stereocenters. The van der Waals surface area contributed by atoms with Gasteiger partial charge in [0.25, 0.3) is 0 Å². The number of fused-ring (bicyclic) bond motifs is 17. The molecule has 4 aromatic heterocycles. The lowest BCUT2D eigenvalue weighted by Gasteiger charge is -2.26. The van der Waals surface area contributed by atoms with Gasteiger partial charge in [-0.3, -0.25) is 0 Å². The minimum atomic E-state index is 0.829. The summed E-state index contributed by atoms with van der Waals surface area (Å²) in [5.41, 5.74) is 15.7. The van der Waals surface area contributed by atoms with Gasteiger partial charge in [0.1, 0.15) is 44.7 Å². The van der Waals surface area contributed by atoms with Crippen molar-refractivity contribution in [1.82, 2.24) is 0 Å². The van der Waals surface area contributed by atoms with Crippen molar-refractivity contribution in [3.8, 4) is 0 Å². The Bertz CT molecular complexity index is 4330. The molecule has 6 nitrogen and oxygen atoms in total. The number of hydrogen-bond acceptors (Lipinski definition) is 6. The third-order valence-corrected chi connectivity index (χ3v) is 14.3. The zero-order valence-corrected chi connectivity index (χ0v) is 38.2. The van der Waals surface area contributed by atoms with Crippen LogP contribution in [0, 0.1) is 13.8 Å². The van der Waals surface area contributed by atoms with E-state index >= 15 is 0 Å². The van der Waals surface area contributed by atoms with Crippen molar-refractivity contribution >= 4 is 143 Å². The van der Waals surface area contributed by atoms with Gasteiger partial charge in [-0.15, -0.1) is 0 Å². The van der Waals surface area contributed by atoms with Gasteiger partial charge in [-0.2, -0.15) is 0 Å². The summed E-state index contributed by atoms with van der Waals surface area (Å²) in [5.74, 6) is 0. The van der Waals surface area contributed by atoms with E-state index in [0.717, 1.165) is 143 Å². The Morgan fingerprint density at radius 2 is 0.614 bits per heavy atom. The standard InChI is InChI=1S/C64H40N2O4/c1-37-11-17-41(18-12-37)65(45-23-29-57-53(35-45)49-7-3-5-9-55(49)67-57)43-21-27-47-39(33-43)15-25-51-61-59(69-63(47)51)31-32-60-62(61)52-26-16-40-34-44(22-28-48(40)64(52)70-60)66(42-19-13-38(2)14-20-42)46-24-30-58-54(36-46)50-8-4-6-10-56(50)68-58/h3-36H,1-2H3. The Morgan fingerprint density at radius 1 is 0.257 bits per heavy atom. The lowest BCUT2D eigenvalue weighted by atomic mass is 10.00. The van der Waals surface area contributed by atoms with Crippen LogP contribution < -0.4 is 9.80 Å². The summed E-state index contributed by atoms with van der Waals surface area (Å²) in [7, 11) is 0.